The first-order valence-electron chi connectivity index (χ1n) is 8.63. The van der Waals surface area contributed by atoms with Crippen molar-refractivity contribution in [3.63, 3.8) is 0 Å². The van der Waals surface area contributed by atoms with Crippen molar-refractivity contribution in [1.29, 1.82) is 5.26 Å². The minimum Gasteiger partial charge on any atom is -0.493 e. The van der Waals surface area contributed by atoms with Gasteiger partial charge in [-0.2, -0.15) is 5.26 Å². The highest BCUT2D eigenvalue weighted by molar-refractivity contribution is 6.35. The van der Waals surface area contributed by atoms with Crippen LogP contribution < -0.4 is 9.47 Å². The number of hydrogen-bond acceptors (Lipinski definition) is 4. The number of rotatable bonds is 5. The Morgan fingerprint density at radius 1 is 1.07 bits per heavy atom. The number of H-pyrrole nitrogens is 1. The van der Waals surface area contributed by atoms with Gasteiger partial charge < -0.3 is 14.5 Å². The highest BCUT2D eigenvalue weighted by Crippen LogP contribution is 2.33. The zero-order chi connectivity index (χ0) is 19.5. The van der Waals surface area contributed by atoms with Crippen LogP contribution >= 0.6 is 11.6 Å². The summed E-state index contributed by atoms with van der Waals surface area (Å²) in [5, 5.41) is 9.81. The number of aromatic amines is 1. The lowest BCUT2D eigenvalue weighted by Crippen LogP contribution is -2.00. The molecule has 6 heteroatoms. The smallest absolute Gasteiger partial charge is 0.161 e. The van der Waals surface area contributed by atoms with E-state index in [1.807, 2.05) is 54.6 Å². The molecule has 1 heterocycles. The summed E-state index contributed by atoms with van der Waals surface area (Å²) in [5.74, 6) is 1.87. The number of nitrogens with one attached hydrogen (secondary N) is 1. The second-order valence-electron chi connectivity index (χ2n) is 6.14. The molecule has 5 nitrogen and oxygen atoms in total. The SMILES string of the molecule is COc1cc(-c2nc3c(Cl)cccc3[nH]2)ccc1OCc1ccccc1C#N. The van der Waals surface area contributed by atoms with Crippen LogP contribution in [0.3, 0.4) is 0 Å². The van der Waals surface area contributed by atoms with Gasteiger partial charge in [0.15, 0.2) is 11.5 Å². The fourth-order valence-electron chi connectivity index (χ4n) is 2.98. The number of halogens is 1. The van der Waals surface area contributed by atoms with Crippen LogP contribution in [0.25, 0.3) is 22.4 Å². The zero-order valence-corrected chi connectivity index (χ0v) is 15.8. The first kappa shape index (κ1) is 17.9. The van der Waals surface area contributed by atoms with E-state index in [-0.39, 0.29) is 6.61 Å². The average molecular weight is 390 g/mol. The Balaban J connectivity index is 1.62. The van der Waals surface area contributed by atoms with E-state index in [0.29, 0.717) is 27.9 Å². The van der Waals surface area contributed by atoms with E-state index >= 15 is 0 Å². The third-order valence-corrected chi connectivity index (χ3v) is 4.73. The van der Waals surface area contributed by atoms with Crippen LogP contribution in [0.4, 0.5) is 0 Å². The van der Waals surface area contributed by atoms with Gasteiger partial charge in [-0.1, -0.05) is 35.9 Å². The van der Waals surface area contributed by atoms with Crippen molar-refractivity contribution in [1.82, 2.24) is 9.97 Å². The fourth-order valence-corrected chi connectivity index (χ4v) is 3.20. The number of aromatic nitrogens is 2. The lowest BCUT2D eigenvalue weighted by atomic mass is 10.1. The molecule has 0 unspecified atom stereocenters. The Morgan fingerprint density at radius 2 is 1.93 bits per heavy atom. The van der Waals surface area contributed by atoms with Gasteiger partial charge in [-0.05, 0) is 36.4 Å². The van der Waals surface area contributed by atoms with E-state index in [4.69, 9.17) is 21.1 Å². The number of nitriles is 1. The highest BCUT2D eigenvalue weighted by Gasteiger charge is 2.12. The standard InChI is InChI=1S/C22H16ClN3O2/c1-27-20-11-14(22-25-18-8-4-7-17(23)21(18)26-22)9-10-19(20)28-13-16-6-3-2-5-15(16)12-24/h2-11H,13H2,1H3,(H,25,26). The Labute approximate surface area is 167 Å². The highest BCUT2D eigenvalue weighted by atomic mass is 35.5. The molecule has 4 rings (SSSR count). The van der Waals surface area contributed by atoms with Crippen LogP contribution in [0, 0.1) is 11.3 Å². The molecule has 0 bridgehead atoms. The van der Waals surface area contributed by atoms with Gasteiger partial charge in [0.25, 0.3) is 0 Å². The molecular formula is C22H16ClN3O2. The summed E-state index contributed by atoms with van der Waals surface area (Å²) in [5.41, 5.74) is 3.87. The number of fused-ring (bicyclic) bond motifs is 1. The Hall–Kier alpha value is -3.49. The van der Waals surface area contributed by atoms with Crippen molar-refractivity contribution in [2.24, 2.45) is 0 Å². The molecule has 0 aliphatic heterocycles. The lowest BCUT2D eigenvalue weighted by molar-refractivity contribution is 0.284. The second kappa shape index (κ2) is 7.63. The molecule has 4 aromatic rings. The number of methoxy groups -OCH3 is 1. The van der Waals surface area contributed by atoms with E-state index in [2.05, 4.69) is 16.0 Å². The number of ether oxygens (including phenoxy) is 2. The lowest BCUT2D eigenvalue weighted by Gasteiger charge is -2.12. The molecule has 0 spiro atoms. The van der Waals surface area contributed by atoms with Crippen molar-refractivity contribution >= 4 is 22.6 Å². The zero-order valence-electron chi connectivity index (χ0n) is 15.1. The average Bonchev–Trinajstić information content (AvgIpc) is 3.18. The van der Waals surface area contributed by atoms with Crippen molar-refractivity contribution in [3.05, 3.63) is 76.8 Å². The van der Waals surface area contributed by atoms with Gasteiger partial charge in [-0.3, -0.25) is 0 Å². The summed E-state index contributed by atoms with van der Waals surface area (Å²) in [6.45, 7) is 0.277. The van der Waals surface area contributed by atoms with Crippen LogP contribution in [-0.2, 0) is 6.61 Å². The van der Waals surface area contributed by atoms with Gasteiger partial charge >= 0.3 is 0 Å². The summed E-state index contributed by atoms with van der Waals surface area (Å²) >= 11 is 6.22. The molecule has 0 amide bonds. The van der Waals surface area contributed by atoms with E-state index in [1.165, 1.54) is 0 Å². The molecule has 0 saturated carbocycles. The predicted molar refractivity (Wildman–Crippen MR) is 109 cm³/mol. The Kier molecular flexibility index (Phi) is 4.88. The Bertz CT molecular complexity index is 1190. The molecule has 1 aromatic heterocycles. The molecule has 0 aliphatic rings. The van der Waals surface area contributed by atoms with Crippen molar-refractivity contribution in [2.45, 2.75) is 6.61 Å². The van der Waals surface area contributed by atoms with E-state index in [0.717, 1.165) is 22.2 Å². The normalized spacial score (nSPS) is 10.6. The van der Waals surface area contributed by atoms with Gasteiger partial charge in [0.2, 0.25) is 0 Å². The quantitative estimate of drug-likeness (QED) is 0.500. The van der Waals surface area contributed by atoms with Gasteiger partial charge in [-0.15, -0.1) is 0 Å². The molecule has 0 saturated heterocycles. The number of para-hydroxylation sites is 1. The maximum atomic E-state index is 9.21. The molecule has 1 N–H and O–H groups in total. The van der Waals surface area contributed by atoms with E-state index in [9.17, 15) is 5.26 Å². The van der Waals surface area contributed by atoms with Gasteiger partial charge in [0, 0.05) is 11.1 Å². The molecule has 138 valence electrons. The number of imidazole rings is 1. The number of benzene rings is 3. The third kappa shape index (κ3) is 3.38. The maximum absolute atomic E-state index is 9.21. The summed E-state index contributed by atoms with van der Waals surface area (Å²) in [4.78, 5) is 7.85. The van der Waals surface area contributed by atoms with Gasteiger partial charge in [-0.25, -0.2) is 4.98 Å². The topological polar surface area (TPSA) is 70.9 Å². The minimum atomic E-state index is 0.277. The van der Waals surface area contributed by atoms with E-state index in [1.54, 1.807) is 13.2 Å². The molecule has 0 fully saturated rings. The third-order valence-electron chi connectivity index (χ3n) is 4.42. The largest absolute Gasteiger partial charge is 0.493 e. The maximum Gasteiger partial charge on any atom is 0.161 e. The van der Waals surface area contributed by atoms with Crippen LogP contribution in [0.15, 0.2) is 60.7 Å². The fraction of sp³-hybridized carbons (Fsp3) is 0.0909. The van der Waals surface area contributed by atoms with Crippen molar-refractivity contribution < 1.29 is 9.47 Å². The van der Waals surface area contributed by atoms with Crippen LogP contribution in [0.2, 0.25) is 5.02 Å². The van der Waals surface area contributed by atoms with Crippen LogP contribution in [0.5, 0.6) is 11.5 Å². The van der Waals surface area contributed by atoms with E-state index < -0.39 is 0 Å². The van der Waals surface area contributed by atoms with Crippen LogP contribution in [0.1, 0.15) is 11.1 Å². The molecule has 28 heavy (non-hydrogen) atoms. The number of nitrogens with zero attached hydrogens (tertiary/aromatic N) is 2. The second-order valence-corrected chi connectivity index (χ2v) is 6.55. The molecule has 0 atom stereocenters. The molecule has 0 radical (unpaired) electrons. The summed E-state index contributed by atoms with van der Waals surface area (Å²) in [7, 11) is 1.59. The summed E-state index contributed by atoms with van der Waals surface area (Å²) in [6, 6.07) is 20.7. The number of hydrogen-bond donors (Lipinski definition) is 1. The first-order valence-corrected chi connectivity index (χ1v) is 9.01. The summed E-state index contributed by atoms with van der Waals surface area (Å²) in [6.07, 6.45) is 0. The van der Waals surface area contributed by atoms with Gasteiger partial charge in [0.1, 0.15) is 17.9 Å². The van der Waals surface area contributed by atoms with Crippen molar-refractivity contribution in [3.8, 4) is 29.0 Å². The van der Waals surface area contributed by atoms with Crippen molar-refractivity contribution in [2.75, 3.05) is 7.11 Å². The Morgan fingerprint density at radius 3 is 2.71 bits per heavy atom. The first-order chi connectivity index (χ1) is 13.7. The van der Waals surface area contributed by atoms with Gasteiger partial charge in [0.05, 0.1) is 29.3 Å². The summed E-state index contributed by atoms with van der Waals surface area (Å²) < 4.78 is 11.4. The minimum absolute atomic E-state index is 0.277. The molecular weight excluding hydrogens is 374 g/mol. The monoisotopic (exact) mass is 389 g/mol. The molecule has 0 aliphatic carbocycles. The predicted octanol–water partition coefficient (Wildman–Crippen LogP) is 5.34. The van der Waals surface area contributed by atoms with Crippen LogP contribution in [-0.4, -0.2) is 17.1 Å². The molecule has 3 aromatic carbocycles.